The van der Waals surface area contributed by atoms with Gasteiger partial charge in [-0.25, -0.2) is 14.4 Å². The molecule has 274 valence electrons. The van der Waals surface area contributed by atoms with E-state index in [9.17, 15) is 48.9 Å². The molecule has 1 fully saturated rings. The Hall–Kier alpha value is -5.99. The molecule has 1 aliphatic heterocycles. The number of para-hydroxylation sites is 1. The molecule has 3 heterocycles. The first kappa shape index (κ1) is 37.8. The van der Waals surface area contributed by atoms with Gasteiger partial charge < -0.3 is 57.4 Å². The molecule has 20 heteroatoms. The van der Waals surface area contributed by atoms with Crippen molar-refractivity contribution in [2.24, 2.45) is 5.73 Å². The predicted octanol–water partition coefficient (Wildman–Crippen LogP) is -3.05. The van der Waals surface area contributed by atoms with Crippen LogP contribution in [0.15, 0.2) is 64.3 Å². The molecule has 0 spiro atoms. The summed E-state index contributed by atoms with van der Waals surface area (Å²) in [6.07, 6.45) is -1.42. The number of nitrogens with two attached hydrogens (primary N) is 1. The van der Waals surface area contributed by atoms with Gasteiger partial charge in [0.15, 0.2) is 0 Å². The van der Waals surface area contributed by atoms with Gasteiger partial charge in [0.25, 0.3) is 5.56 Å². The molecule has 1 aliphatic rings. The average Bonchev–Trinajstić information content (AvgIpc) is 3.61. The smallest absolute Gasteiger partial charge is 0.331 e. The molecule has 8 atom stereocenters. The van der Waals surface area contributed by atoms with Crippen LogP contribution in [-0.2, 0) is 30.3 Å². The number of ether oxygens (including phenoxy) is 1. The monoisotopic (exact) mass is 713 g/mol. The minimum absolute atomic E-state index is 0.0698. The third kappa shape index (κ3) is 9.17. The number of fused-ring (bicyclic) bond motifs is 1. The fourth-order valence-corrected chi connectivity index (χ4v) is 5.12. The number of aromatic amines is 2. The molecular formula is C31H39N9O11. The van der Waals surface area contributed by atoms with Gasteiger partial charge in [-0.3, -0.25) is 28.7 Å². The second kappa shape index (κ2) is 16.1. The van der Waals surface area contributed by atoms with Crippen molar-refractivity contribution < 1.29 is 44.0 Å². The number of carboxylic acid groups (broad SMARTS) is 1. The summed E-state index contributed by atoms with van der Waals surface area (Å²) >= 11 is 0. The van der Waals surface area contributed by atoms with Crippen LogP contribution in [0, 0.1) is 0 Å². The van der Waals surface area contributed by atoms with Gasteiger partial charge in [-0.2, -0.15) is 0 Å². The number of carboxylic acids is 1. The third-order valence-corrected chi connectivity index (χ3v) is 7.95. The number of hydrogen-bond acceptors (Lipinski definition) is 11. The Morgan fingerprint density at radius 3 is 2.35 bits per heavy atom. The van der Waals surface area contributed by atoms with Gasteiger partial charge in [-0.1, -0.05) is 18.2 Å². The molecule has 1 aromatic carbocycles. The number of benzene rings is 1. The first-order valence-corrected chi connectivity index (χ1v) is 15.6. The first-order valence-electron chi connectivity index (χ1n) is 15.6. The number of hydrogen-bond donors (Lipinski definition) is 11. The number of aliphatic hydroxyl groups excluding tert-OH is 2. The molecule has 51 heavy (non-hydrogen) atoms. The minimum Gasteiger partial charge on any atom is -0.480 e. The van der Waals surface area contributed by atoms with E-state index in [0.29, 0.717) is 5.56 Å². The van der Waals surface area contributed by atoms with Crippen molar-refractivity contribution in [3.05, 3.63) is 81.1 Å². The Morgan fingerprint density at radius 2 is 1.69 bits per heavy atom. The van der Waals surface area contributed by atoms with Crippen molar-refractivity contribution in [3.63, 3.8) is 0 Å². The lowest BCUT2D eigenvalue weighted by atomic mass is 10.1. The van der Waals surface area contributed by atoms with E-state index in [-0.39, 0.29) is 12.2 Å². The Kier molecular flexibility index (Phi) is 12.0. The zero-order valence-corrected chi connectivity index (χ0v) is 27.6. The van der Waals surface area contributed by atoms with Gasteiger partial charge >= 0.3 is 17.7 Å². The van der Waals surface area contributed by atoms with Gasteiger partial charge in [0.1, 0.15) is 36.1 Å². The Balaban J connectivity index is 1.43. The highest BCUT2D eigenvalue weighted by Gasteiger charge is 2.42. The van der Waals surface area contributed by atoms with Crippen LogP contribution in [-0.4, -0.2) is 102 Å². The predicted molar refractivity (Wildman–Crippen MR) is 177 cm³/mol. The molecule has 5 amide bonds. The van der Waals surface area contributed by atoms with Crippen molar-refractivity contribution in [3.8, 4) is 0 Å². The van der Waals surface area contributed by atoms with Crippen LogP contribution >= 0.6 is 0 Å². The standard InChI is InChI=1S/C31H39N9O11/c1-13(32)25(44)35-14(2)22(27(46)34-12-20-23(42)24(43)28(51-20)40-9-8-21(41)38-31(40)50)39-26(45)15(3)36-30(49)37-19(29(47)48)10-16-11-33-18-7-5-4-6-17(16)18/h4-9,11-15,19,22-24,28,33,42-43H,10,32H2,1-3H3,(H,34,46)(H,35,44)(H,39,45)(H,47,48)(H2,36,37,49)(H,38,41,50)/b20-12-/t13-,14-,15-,19-,22-,23+,24+,28+/m0/s1. The summed E-state index contributed by atoms with van der Waals surface area (Å²) in [6.45, 7) is 4.05. The highest BCUT2D eigenvalue weighted by molar-refractivity contribution is 5.93. The number of nitrogens with zero attached hydrogens (tertiary/aromatic N) is 1. The lowest BCUT2D eigenvalue weighted by Crippen LogP contribution is -2.61. The molecule has 1 saturated heterocycles. The van der Waals surface area contributed by atoms with Crippen molar-refractivity contribution in [1.82, 2.24) is 41.1 Å². The van der Waals surface area contributed by atoms with Crippen LogP contribution in [0.1, 0.15) is 32.6 Å². The summed E-state index contributed by atoms with van der Waals surface area (Å²) in [5.74, 6) is -4.24. The van der Waals surface area contributed by atoms with E-state index >= 15 is 0 Å². The van der Waals surface area contributed by atoms with Crippen LogP contribution in [0.2, 0.25) is 0 Å². The minimum atomic E-state index is -1.73. The summed E-state index contributed by atoms with van der Waals surface area (Å²) in [5.41, 5.74) is 5.41. The lowest BCUT2D eigenvalue weighted by Gasteiger charge is -2.27. The van der Waals surface area contributed by atoms with E-state index in [0.717, 1.165) is 33.9 Å². The number of carbonyl (C=O) groups excluding carboxylic acids is 4. The zero-order valence-electron chi connectivity index (χ0n) is 27.6. The van der Waals surface area contributed by atoms with Crippen molar-refractivity contribution in [2.45, 2.75) is 75.8 Å². The summed E-state index contributed by atoms with van der Waals surface area (Å²) in [5, 5.41) is 43.3. The third-order valence-electron chi connectivity index (χ3n) is 7.95. The van der Waals surface area contributed by atoms with E-state index < -0.39 is 89.6 Å². The van der Waals surface area contributed by atoms with E-state index in [1.165, 1.54) is 20.8 Å². The van der Waals surface area contributed by atoms with Crippen LogP contribution in [0.4, 0.5) is 4.79 Å². The number of amides is 5. The number of nitrogens with one attached hydrogen (secondary N) is 7. The van der Waals surface area contributed by atoms with Crippen LogP contribution < -0.4 is 43.6 Å². The molecule has 0 radical (unpaired) electrons. The zero-order chi connectivity index (χ0) is 37.6. The van der Waals surface area contributed by atoms with Crippen LogP contribution in [0.3, 0.4) is 0 Å². The summed E-state index contributed by atoms with van der Waals surface area (Å²) < 4.78 is 6.28. The second-order valence-corrected chi connectivity index (χ2v) is 11.9. The SMILES string of the molecule is C[C@H](N)C(=O)N[C@@H](C)[C@H](NC(=O)[C@H](C)NC(=O)N[C@@H](Cc1c[nH]c2ccccc12)C(=O)O)C(=O)N/C=C1\O[C@@H](n2ccc(=O)[nH]c2=O)[C@H](O)[C@@H]1O. The van der Waals surface area contributed by atoms with Crippen molar-refractivity contribution >= 4 is 40.6 Å². The second-order valence-electron chi connectivity index (χ2n) is 11.9. The van der Waals surface area contributed by atoms with Gasteiger partial charge in [-0.05, 0) is 32.4 Å². The van der Waals surface area contributed by atoms with Crippen LogP contribution in [0.25, 0.3) is 10.9 Å². The van der Waals surface area contributed by atoms with Crippen LogP contribution in [0.5, 0.6) is 0 Å². The maximum Gasteiger partial charge on any atom is 0.331 e. The highest BCUT2D eigenvalue weighted by atomic mass is 16.6. The number of H-pyrrole nitrogens is 2. The van der Waals surface area contributed by atoms with Gasteiger partial charge in [-0.15, -0.1) is 0 Å². The van der Waals surface area contributed by atoms with Crippen molar-refractivity contribution in [2.75, 3.05) is 0 Å². The lowest BCUT2D eigenvalue weighted by molar-refractivity contribution is -0.139. The van der Waals surface area contributed by atoms with Gasteiger partial charge in [0, 0.05) is 42.0 Å². The normalized spacial score (nSPS) is 20.7. The number of aliphatic carboxylic acids is 1. The first-order chi connectivity index (χ1) is 24.1. The Labute approximate surface area is 288 Å². The molecule has 0 aliphatic carbocycles. The Morgan fingerprint density at radius 1 is 0.980 bits per heavy atom. The quantitative estimate of drug-likeness (QED) is 0.0842. The molecule has 0 saturated carbocycles. The molecule has 3 aromatic rings. The van der Waals surface area contributed by atoms with Gasteiger partial charge in [0.2, 0.25) is 23.9 Å². The van der Waals surface area contributed by atoms with Crippen molar-refractivity contribution in [1.29, 1.82) is 0 Å². The molecule has 0 unspecified atom stereocenters. The van der Waals surface area contributed by atoms with E-state index in [2.05, 4.69) is 31.6 Å². The number of rotatable bonds is 13. The van der Waals surface area contributed by atoms with E-state index in [1.54, 1.807) is 18.3 Å². The molecule has 0 bridgehead atoms. The molecule has 20 nitrogen and oxygen atoms in total. The summed E-state index contributed by atoms with van der Waals surface area (Å²) in [6, 6.07) is 0.899. The number of carbonyl (C=O) groups is 5. The van der Waals surface area contributed by atoms with E-state index in [1.807, 2.05) is 17.1 Å². The average molecular weight is 714 g/mol. The molecular weight excluding hydrogens is 674 g/mol. The topological polar surface area (TPSA) is 312 Å². The summed E-state index contributed by atoms with van der Waals surface area (Å²) in [4.78, 5) is 92.2. The van der Waals surface area contributed by atoms with Gasteiger partial charge in [0.05, 0.1) is 12.1 Å². The fraction of sp³-hybridized carbons (Fsp3) is 0.387. The molecule has 2 aromatic heterocycles. The number of aromatic nitrogens is 3. The summed E-state index contributed by atoms with van der Waals surface area (Å²) in [7, 11) is 0. The Bertz CT molecular complexity index is 1930. The molecule has 4 rings (SSSR count). The highest BCUT2D eigenvalue weighted by Crippen LogP contribution is 2.30. The van der Waals surface area contributed by atoms with E-state index in [4.69, 9.17) is 10.5 Å². The fourth-order valence-electron chi connectivity index (χ4n) is 5.12. The number of aliphatic hydroxyl groups is 2. The molecule has 12 N–H and O–H groups in total. The largest absolute Gasteiger partial charge is 0.480 e. The maximum atomic E-state index is 13.4. The number of urea groups is 1. The maximum absolute atomic E-state index is 13.4.